The summed E-state index contributed by atoms with van der Waals surface area (Å²) in [5.74, 6) is -17.2. The number of carboxylic acids is 3. The monoisotopic (exact) mass is 2010 g/mol. The summed E-state index contributed by atoms with van der Waals surface area (Å²) >= 11 is 0. The van der Waals surface area contributed by atoms with Crippen LogP contribution in [0.5, 0.6) is 5.75 Å². The van der Waals surface area contributed by atoms with E-state index in [9.17, 15) is 112 Å². The van der Waals surface area contributed by atoms with E-state index in [-0.39, 0.29) is 76.0 Å². The Labute approximate surface area is 837 Å². The number of hydrogen-bond acceptors (Lipinski definition) is 24. The van der Waals surface area contributed by atoms with E-state index in [0.717, 1.165) is 108 Å². The summed E-state index contributed by atoms with van der Waals surface area (Å²) < 4.78 is 17.8. The minimum absolute atomic E-state index is 0.00666. The molecule has 16 atom stereocenters. The Morgan fingerprint density at radius 1 is 0.500 bits per heavy atom. The second kappa shape index (κ2) is 71.1. The standard InChI is InChI=1S/C102H170N14O26/c1-10-14-17-20-23-26-28-31-34-37-40-45-81(119)109-78(64-140-102-92(129)91(128)90(80(63-117)142-102)113-83(121)59-72(43-39-36-33-30-25-22-19-16-12-3)141-87(127)46-41-38-35-32-29-27-24-21-18-15-11-2)93(130)104-54-53-82(120)107-73(51-52-85(123)124)94(131)114-88(67(7)8)99(136)111-76(60-86(125)126)100(137)116-55-42-44-79(116)97(134)115-89(68(9)13-4)98(135)105-62-84(122)108-75(58-70-61-103-65-106-70)96(133)110-74(56-66(5)6)95(132)112-77(101(138)139)57-69-47-49-71(118)50-48-69/h47-50,61,65-68,72-80,88-92,102,117-118,128-129H,10-46,51-60,62-64H2,1-9H3,(H,103,106)(H,104,130)(H,105,135)(H,107,120)(H,108,122)(H,109,119)(H,110,133)(H,111,136)(H,112,132)(H,113,121)(H,114,131)(H,115,134)(H,123,124)(H,125,126)(H,138,139)/t68-,72-,73+,74-,75-,76-,77-,78-,79-,80-,88-,89-,90-,91+,92-,102-/m0/s1. The van der Waals surface area contributed by atoms with Crippen LogP contribution in [0.25, 0.3) is 0 Å². The summed E-state index contributed by atoms with van der Waals surface area (Å²) in [6.07, 6.45) is 25.2. The number of nitrogens with zero attached hydrogens (tertiary/aromatic N) is 2. The Bertz CT molecular complexity index is 4100. The van der Waals surface area contributed by atoms with Crippen molar-refractivity contribution in [3.05, 3.63) is 48.0 Å². The largest absolute Gasteiger partial charge is 0.508 e. The average Bonchev–Trinajstić information content (AvgIpc) is 1.19. The lowest BCUT2D eigenvalue weighted by Crippen LogP contribution is -2.65. The van der Waals surface area contributed by atoms with Crippen LogP contribution in [-0.2, 0) is 104 Å². The average molecular weight is 2010 g/mol. The summed E-state index contributed by atoms with van der Waals surface area (Å²) in [7, 11) is 0. The minimum Gasteiger partial charge on any atom is -0.508 e. The molecule has 12 amide bonds. The lowest BCUT2D eigenvalue weighted by atomic mass is 9.95. The number of carbonyl (C=O) groups excluding carboxylic acids is 13. The van der Waals surface area contributed by atoms with Crippen molar-refractivity contribution >= 4 is 94.8 Å². The quantitative estimate of drug-likeness (QED) is 0.0219. The number of nitrogens with one attached hydrogen (secondary N) is 12. The molecule has 2 aliphatic rings. The Kier molecular flexibility index (Phi) is 62.0. The molecule has 40 nitrogen and oxygen atoms in total. The maximum absolute atomic E-state index is 14.6. The lowest BCUT2D eigenvalue weighted by molar-refractivity contribution is -0.280. The van der Waals surface area contributed by atoms with E-state index in [1.807, 2.05) is 0 Å². The number of ether oxygens (including phenoxy) is 3. The summed E-state index contributed by atoms with van der Waals surface area (Å²) in [5.41, 5.74) is 0.856. The van der Waals surface area contributed by atoms with Gasteiger partial charge in [-0.3, -0.25) is 71.9 Å². The Morgan fingerprint density at radius 3 is 1.56 bits per heavy atom. The molecule has 19 N–H and O–H groups in total. The van der Waals surface area contributed by atoms with Gasteiger partial charge in [0.05, 0.1) is 45.0 Å². The van der Waals surface area contributed by atoms with Crippen LogP contribution in [0.2, 0.25) is 0 Å². The number of aliphatic carboxylic acids is 3. The highest BCUT2D eigenvalue weighted by Crippen LogP contribution is 2.27. The van der Waals surface area contributed by atoms with Gasteiger partial charge in [-0.05, 0) is 86.8 Å². The Hall–Kier alpha value is -10.5. The van der Waals surface area contributed by atoms with Crippen molar-refractivity contribution < 1.29 is 127 Å². The number of phenols is 1. The maximum atomic E-state index is 14.6. The number of esters is 1. The van der Waals surface area contributed by atoms with Gasteiger partial charge in [0.2, 0.25) is 70.9 Å². The summed E-state index contributed by atoms with van der Waals surface area (Å²) in [4.78, 5) is 228. The molecule has 3 heterocycles. The number of rotatable bonds is 78. The van der Waals surface area contributed by atoms with Crippen LogP contribution >= 0.6 is 0 Å². The molecule has 4 rings (SSSR count). The van der Waals surface area contributed by atoms with Gasteiger partial charge in [-0.2, -0.15) is 0 Å². The molecular weight excluding hydrogens is 1840 g/mol. The Balaban J connectivity index is 1.45. The van der Waals surface area contributed by atoms with Gasteiger partial charge in [0.25, 0.3) is 0 Å². The molecular formula is C102H170N14O26. The van der Waals surface area contributed by atoms with Crippen LogP contribution in [0.4, 0.5) is 0 Å². The van der Waals surface area contributed by atoms with Gasteiger partial charge in [-0.25, -0.2) is 9.78 Å². The second-order valence-electron chi connectivity index (χ2n) is 38.9. The topological polar surface area (TPSA) is 607 Å². The number of benzene rings is 1. The number of unbranched alkanes of at least 4 members (excludes halogenated alkanes) is 28. The molecule has 0 aliphatic carbocycles. The van der Waals surface area contributed by atoms with Crippen molar-refractivity contribution in [2.45, 2.75) is 442 Å². The normalized spacial score (nSPS) is 17.8. The Morgan fingerprint density at radius 2 is 1.03 bits per heavy atom. The number of amides is 12. The second-order valence-corrected chi connectivity index (χ2v) is 38.9. The van der Waals surface area contributed by atoms with Crippen molar-refractivity contribution in [1.29, 1.82) is 0 Å². The van der Waals surface area contributed by atoms with Crippen molar-refractivity contribution in [2.24, 2.45) is 17.8 Å². The molecule has 2 saturated heterocycles. The zero-order chi connectivity index (χ0) is 105. The fraction of sp³-hybridized carbons (Fsp3) is 0.755. The molecule has 2 aromatic rings. The third-order valence-corrected chi connectivity index (χ3v) is 25.8. The number of aromatic nitrogens is 2. The van der Waals surface area contributed by atoms with E-state index in [4.69, 9.17) is 14.2 Å². The molecule has 1 aromatic carbocycles. The van der Waals surface area contributed by atoms with Crippen LogP contribution in [-0.4, -0.2) is 269 Å². The predicted molar refractivity (Wildman–Crippen MR) is 530 cm³/mol. The number of hydrogen-bond donors (Lipinski definition) is 19. The highest BCUT2D eigenvalue weighted by Gasteiger charge is 2.47. The van der Waals surface area contributed by atoms with Gasteiger partial charge in [0, 0.05) is 63.5 Å². The number of imidazole rings is 1. The van der Waals surface area contributed by atoms with Crippen molar-refractivity contribution in [1.82, 2.24) is 73.4 Å². The molecule has 0 bridgehead atoms. The molecule has 0 spiro atoms. The molecule has 0 radical (unpaired) electrons. The van der Waals surface area contributed by atoms with Crippen LogP contribution in [0.3, 0.4) is 0 Å². The van der Waals surface area contributed by atoms with Gasteiger partial charge < -0.3 is 118 Å². The summed E-state index contributed by atoms with van der Waals surface area (Å²) in [6.45, 7) is 13.5. The van der Waals surface area contributed by atoms with E-state index in [1.54, 1.807) is 27.7 Å². The number of likely N-dealkylation sites (tertiary alicyclic amines) is 1. The van der Waals surface area contributed by atoms with E-state index in [0.29, 0.717) is 43.4 Å². The maximum Gasteiger partial charge on any atom is 0.326 e. The van der Waals surface area contributed by atoms with Crippen molar-refractivity contribution in [2.75, 3.05) is 32.8 Å². The van der Waals surface area contributed by atoms with Crippen molar-refractivity contribution in [3.8, 4) is 5.75 Å². The number of carboxylic acid groups (broad SMARTS) is 3. The minimum atomic E-state index is -1.92. The third kappa shape index (κ3) is 50.2. The number of aliphatic hydroxyl groups excluding tert-OH is 3. The van der Waals surface area contributed by atoms with Gasteiger partial charge >= 0.3 is 23.9 Å². The number of aromatic hydroxyl groups is 1. The first-order chi connectivity index (χ1) is 67.9. The smallest absolute Gasteiger partial charge is 0.326 e. The molecule has 2 aliphatic heterocycles. The van der Waals surface area contributed by atoms with Gasteiger partial charge in [0.1, 0.15) is 84.5 Å². The number of H-pyrrole nitrogens is 1. The predicted octanol–water partition coefficient (Wildman–Crippen LogP) is 8.13. The number of aromatic amines is 1. The van der Waals surface area contributed by atoms with Crippen molar-refractivity contribution in [3.63, 3.8) is 0 Å². The molecule has 0 unspecified atom stereocenters. The number of aliphatic hydroxyl groups is 3. The molecule has 40 heteroatoms. The summed E-state index contributed by atoms with van der Waals surface area (Å²) in [5, 5.41) is 102. The van der Waals surface area contributed by atoms with Gasteiger partial charge in [-0.15, -0.1) is 0 Å². The number of phenolic OH excluding ortho intramolecular Hbond substituents is 1. The molecule has 142 heavy (non-hydrogen) atoms. The van der Waals surface area contributed by atoms with Crippen LogP contribution < -0.4 is 58.5 Å². The third-order valence-electron chi connectivity index (χ3n) is 25.8. The SMILES string of the molecule is CCCCCCCCCCCCCC(=O)N[C@@H](CO[C@H]1O[C@@H](CO)[C@H](NC(=O)C[C@H](CCCCCCCCCCC)OC(=O)CCCCCCCCCCCCC)[C@@H](O)[C@@H]1O)C(=O)NCCC(=O)N[C@H](CCC(=O)O)C(=O)N[C@H](C(=O)N[C@@H](CC(=O)O)C(=O)N1CCC[C@H]1C(=O)N[C@H](C(=O)NCC(=O)N[C@@H](Cc1cnc[nH]1)C(=O)N[C@@H](CC(C)C)C(=O)N[C@@H](Cc1ccc(O)cc1)C(=O)O)[C@@H](C)CC)C(C)C. The zero-order valence-corrected chi connectivity index (χ0v) is 85.5. The molecule has 0 saturated carbocycles. The molecule has 2 fully saturated rings. The van der Waals surface area contributed by atoms with E-state index in [1.165, 1.54) is 121 Å². The fourth-order valence-corrected chi connectivity index (χ4v) is 17.3. The lowest BCUT2D eigenvalue weighted by Gasteiger charge is -2.42. The first-order valence-corrected chi connectivity index (χ1v) is 52.3. The van der Waals surface area contributed by atoms with Crippen LogP contribution in [0, 0.1) is 17.8 Å². The van der Waals surface area contributed by atoms with E-state index in [2.05, 4.69) is 89.2 Å². The highest BCUT2D eigenvalue weighted by molar-refractivity contribution is 5.99. The fourth-order valence-electron chi connectivity index (χ4n) is 17.3. The zero-order valence-electron chi connectivity index (χ0n) is 85.5. The first-order valence-electron chi connectivity index (χ1n) is 52.3. The van der Waals surface area contributed by atoms with Gasteiger partial charge in [0.15, 0.2) is 6.29 Å². The number of carbonyl (C=O) groups is 16. The van der Waals surface area contributed by atoms with Crippen LogP contribution in [0.15, 0.2) is 36.8 Å². The highest BCUT2D eigenvalue weighted by atomic mass is 16.7. The van der Waals surface area contributed by atoms with E-state index < -0.39 is 250 Å². The molecule has 1 aromatic heterocycles. The summed E-state index contributed by atoms with van der Waals surface area (Å²) in [6, 6.07) is -9.37. The van der Waals surface area contributed by atoms with Crippen LogP contribution in [0.1, 0.15) is 350 Å². The van der Waals surface area contributed by atoms with Gasteiger partial charge in [-0.1, -0.05) is 261 Å². The van der Waals surface area contributed by atoms with E-state index >= 15 is 0 Å². The molecule has 804 valence electrons. The first kappa shape index (κ1) is 124.